The lowest BCUT2D eigenvalue weighted by molar-refractivity contribution is 0.144. The molecule has 5 rings (SSSR count). The van der Waals surface area contributed by atoms with Crippen LogP contribution in [0.25, 0.3) is 28.0 Å². The fraction of sp³-hybridized carbons (Fsp3) is 0.320. The number of nitrogens with two attached hydrogens (primary N) is 1. The Bertz CT molecular complexity index is 1330. The predicted octanol–water partition coefficient (Wildman–Crippen LogP) is 2.98. The number of halogens is 1. The van der Waals surface area contributed by atoms with Gasteiger partial charge in [0.05, 0.1) is 30.5 Å². The van der Waals surface area contributed by atoms with Gasteiger partial charge in [0.15, 0.2) is 5.65 Å². The largest absolute Gasteiger partial charge is 0.497 e. The van der Waals surface area contributed by atoms with Crippen molar-refractivity contribution < 1.29 is 13.9 Å². The Balaban J connectivity index is 1.60. The van der Waals surface area contributed by atoms with Crippen LogP contribution in [0.3, 0.4) is 0 Å². The number of methoxy groups -OCH3 is 2. The second-order valence-corrected chi connectivity index (χ2v) is 8.40. The molecule has 9 nitrogen and oxygen atoms in total. The van der Waals surface area contributed by atoms with Gasteiger partial charge in [0.2, 0.25) is 5.95 Å². The molecule has 4 aromatic rings. The monoisotopic (exact) mass is 477 g/mol. The number of benzene rings is 2. The molecule has 1 aliphatic heterocycles. The fourth-order valence-corrected chi connectivity index (χ4v) is 4.32. The number of ether oxygens (including phenoxy) is 2. The molecule has 0 saturated carbocycles. The van der Waals surface area contributed by atoms with Crippen LogP contribution in [-0.4, -0.2) is 78.2 Å². The number of fused-ring (bicyclic) bond motifs is 1. The van der Waals surface area contributed by atoms with Crippen molar-refractivity contribution >= 4 is 22.8 Å². The number of anilines is 2. The molecule has 182 valence electrons. The number of piperazine rings is 1. The van der Waals surface area contributed by atoms with Crippen molar-refractivity contribution in [2.24, 2.45) is 0 Å². The molecule has 2 aromatic carbocycles. The number of nitrogens with zero attached hydrogens (tertiary/aromatic N) is 6. The Morgan fingerprint density at radius 2 is 1.80 bits per heavy atom. The van der Waals surface area contributed by atoms with Crippen molar-refractivity contribution in [3.05, 3.63) is 54.3 Å². The van der Waals surface area contributed by atoms with Crippen molar-refractivity contribution in [3.63, 3.8) is 0 Å². The van der Waals surface area contributed by atoms with Crippen molar-refractivity contribution in [2.75, 3.05) is 64.2 Å². The average Bonchev–Trinajstić information content (AvgIpc) is 3.23. The first-order valence-corrected chi connectivity index (χ1v) is 11.5. The quantitative estimate of drug-likeness (QED) is 0.434. The molecular weight excluding hydrogens is 449 g/mol. The Kier molecular flexibility index (Phi) is 6.47. The molecule has 0 unspecified atom stereocenters. The van der Waals surface area contributed by atoms with E-state index in [1.807, 2.05) is 24.3 Å². The van der Waals surface area contributed by atoms with Gasteiger partial charge in [-0.3, -0.25) is 4.90 Å². The molecule has 35 heavy (non-hydrogen) atoms. The summed E-state index contributed by atoms with van der Waals surface area (Å²) in [7, 11) is 3.34. The smallest absolute Gasteiger partial charge is 0.228 e. The lowest BCUT2D eigenvalue weighted by Gasteiger charge is -2.34. The van der Waals surface area contributed by atoms with E-state index in [9.17, 15) is 4.39 Å². The van der Waals surface area contributed by atoms with E-state index in [0.717, 1.165) is 38.3 Å². The third kappa shape index (κ3) is 4.62. The van der Waals surface area contributed by atoms with Crippen LogP contribution in [0, 0.1) is 5.82 Å². The summed E-state index contributed by atoms with van der Waals surface area (Å²) >= 11 is 0. The molecule has 1 fully saturated rings. The van der Waals surface area contributed by atoms with Crippen LogP contribution >= 0.6 is 0 Å². The van der Waals surface area contributed by atoms with Crippen molar-refractivity contribution in [2.45, 2.75) is 0 Å². The summed E-state index contributed by atoms with van der Waals surface area (Å²) in [4.78, 5) is 14.2. The molecule has 0 amide bonds. The lowest BCUT2D eigenvalue weighted by Crippen LogP contribution is -2.47. The van der Waals surface area contributed by atoms with Crippen molar-refractivity contribution in [3.8, 4) is 22.7 Å². The number of hydrogen-bond donors (Lipinski definition) is 1. The van der Waals surface area contributed by atoms with E-state index in [1.165, 1.54) is 16.8 Å². The second kappa shape index (κ2) is 9.85. The van der Waals surface area contributed by atoms with E-state index in [1.54, 1.807) is 26.4 Å². The summed E-state index contributed by atoms with van der Waals surface area (Å²) < 4.78 is 26.1. The first-order valence-electron chi connectivity index (χ1n) is 11.5. The standard InChI is InChI=1S/C25H28FN7O2/c1-34-14-13-31-9-11-32(12-10-31)25-28-22(17-5-3-8-20(15-17)35-2)21-23(27)33(30-24(21)29-25)19-7-4-6-18(26)16-19/h3-8,15-16H,9-14,27H2,1-2H3. The zero-order valence-corrected chi connectivity index (χ0v) is 19.8. The maximum atomic E-state index is 13.9. The molecule has 1 aliphatic rings. The van der Waals surface area contributed by atoms with Gasteiger partial charge in [0.1, 0.15) is 17.4 Å². The molecule has 10 heteroatoms. The zero-order valence-electron chi connectivity index (χ0n) is 19.8. The van der Waals surface area contributed by atoms with Crippen LogP contribution < -0.4 is 15.4 Å². The van der Waals surface area contributed by atoms with E-state index in [4.69, 9.17) is 25.2 Å². The summed E-state index contributed by atoms with van der Waals surface area (Å²) in [5, 5.41) is 5.27. The molecule has 1 saturated heterocycles. The van der Waals surface area contributed by atoms with Gasteiger partial charge < -0.3 is 20.1 Å². The van der Waals surface area contributed by atoms with E-state index < -0.39 is 0 Å². The lowest BCUT2D eigenvalue weighted by atomic mass is 10.1. The highest BCUT2D eigenvalue weighted by Crippen LogP contribution is 2.35. The highest BCUT2D eigenvalue weighted by atomic mass is 19.1. The maximum Gasteiger partial charge on any atom is 0.228 e. The highest BCUT2D eigenvalue weighted by Gasteiger charge is 2.24. The third-order valence-corrected chi connectivity index (χ3v) is 6.22. The Labute approximate surface area is 202 Å². The van der Waals surface area contributed by atoms with E-state index in [0.29, 0.717) is 46.5 Å². The van der Waals surface area contributed by atoms with E-state index in [-0.39, 0.29) is 5.82 Å². The van der Waals surface area contributed by atoms with Crippen molar-refractivity contribution in [1.29, 1.82) is 0 Å². The molecule has 2 aromatic heterocycles. The summed E-state index contributed by atoms with van der Waals surface area (Å²) in [6.45, 7) is 4.95. The normalized spacial score (nSPS) is 14.5. The van der Waals surface area contributed by atoms with Gasteiger partial charge in [-0.1, -0.05) is 18.2 Å². The number of hydrogen-bond acceptors (Lipinski definition) is 8. The molecule has 0 aliphatic carbocycles. The van der Waals surface area contributed by atoms with Gasteiger partial charge in [0.25, 0.3) is 0 Å². The minimum Gasteiger partial charge on any atom is -0.497 e. The van der Waals surface area contributed by atoms with Gasteiger partial charge in [0, 0.05) is 45.4 Å². The van der Waals surface area contributed by atoms with Crippen molar-refractivity contribution in [1.82, 2.24) is 24.6 Å². The van der Waals surface area contributed by atoms with Crippen LogP contribution in [0.2, 0.25) is 0 Å². The van der Waals surface area contributed by atoms with Gasteiger partial charge in [-0.2, -0.15) is 4.98 Å². The average molecular weight is 478 g/mol. The summed E-state index contributed by atoms with van der Waals surface area (Å²) in [6.07, 6.45) is 0. The van der Waals surface area contributed by atoms with Gasteiger partial charge in [-0.05, 0) is 30.3 Å². The minimum atomic E-state index is -0.368. The second-order valence-electron chi connectivity index (χ2n) is 8.40. The van der Waals surface area contributed by atoms with Crippen LogP contribution in [-0.2, 0) is 4.74 Å². The number of rotatable bonds is 7. The minimum absolute atomic E-state index is 0.347. The van der Waals surface area contributed by atoms with E-state index in [2.05, 4.69) is 14.9 Å². The molecular formula is C25H28FN7O2. The fourth-order valence-electron chi connectivity index (χ4n) is 4.32. The Morgan fingerprint density at radius 1 is 1.00 bits per heavy atom. The third-order valence-electron chi connectivity index (χ3n) is 6.22. The molecule has 0 spiro atoms. The van der Waals surface area contributed by atoms with Crippen LogP contribution in [0.5, 0.6) is 5.75 Å². The van der Waals surface area contributed by atoms with Crippen LogP contribution in [0.4, 0.5) is 16.2 Å². The Morgan fingerprint density at radius 3 is 2.54 bits per heavy atom. The SMILES string of the molecule is COCCN1CCN(c2nc(-c3cccc(OC)c3)c3c(N)n(-c4cccc(F)c4)nc3n2)CC1. The molecule has 0 atom stereocenters. The first-order chi connectivity index (χ1) is 17.1. The van der Waals surface area contributed by atoms with Gasteiger partial charge in [-0.15, -0.1) is 5.10 Å². The predicted molar refractivity (Wildman–Crippen MR) is 134 cm³/mol. The van der Waals surface area contributed by atoms with Crippen LogP contribution in [0.15, 0.2) is 48.5 Å². The van der Waals surface area contributed by atoms with Gasteiger partial charge in [-0.25, -0.2) is 14.1 Å². The van der Waals surface area contributed by atoms with Gasteiger partial charge >= 0.3 is 0 Å². The topological polar surface area (TPSA) is 94.6 Å². The highest BCUT2D eigenvalue weighted by molar-refractivity contribution is 5.99. The molecule has 2 N–H and O–H groups in total. The maximum absolute atomic E-state index is 13.9. The Hall–Kier alpha value is -3.76. The van der Waals surface area contributed by atoms with Crippen LogP contribution in [0.1, 0.15) is 0 Å². The number of nitrogen functional groups attached to an aromatic ring is 1. The van der Waals surface area contributed by atoms with E-state index >= 15 is 0 Å². The molecule has 3 heterocycles. The summed E-state index contributed by atoms with van der Waals surface area (Å²) in [5.74, 6) is 1.27. The number of aromatic nitrogens is 4. The zero-order chi connectivity index (χ0) is 24.4. The molecule has 0 bridgehead atoms. The summed E-state index contributed by atoms with van der Waals surface area (Å²) in [6, 6.07) is 13.8. The molecule has 0 radical (unpaired) electrons. The first kappa shape index (κ1) is 23.0. The summed E-state index contributed by atoms with van der Waals surface area (Å²) in [5.41, 5.74) is 9.03.